The first kappa shape index (κ1) is 13.5. The Morgan fingerprint density at radius 2 is 2.00 bits per heavy atom. The first-order valence-corrected chi connectivity index (χ1v) is 6.60. The second-order valence-corrected chi connectivity index (χ2v) is 5.58. The number of nitrogens with two attached hydrogens (primary N) is 1. The summed E-state index contributed by atoms with van der Waals surface area (Å²) >= 11 is 3.38. The molecule has 0 aromatic rings. The highest BCUT2D eigenvalue weighted by Crippen LogP contribution is 2.22. The van der Waals surface area contributed by atoms with Crippen molar-refractivity contribution >= 4 is 27.7 Å². The molecule has 0 radical (unpaired) electrons. The number of likely N-dealkylation sites (tertiary alicyclic amines) is 1. The summed E-state index contributed by atoms with van der Waals surface area (Å²) in [5.41, 5.74) is 5.32. The standard InChI is InChI=1S/C11H19BrN2O2/c1-7(2)9(12)11(16)14-6-4-3-5-8(14)10(13)15/h7-9H,3-6H2,1-2H3,(H2,13,15). The third-order valence-electron chi connectivity index (χ3n) is 2.94. The smallest absolute Gasteiger partial charge is 0.240 e. The predicted molar refractivity (Wildman–Crippen MR) is 66.1 cm³/mol. The van der Waals surface area contributed by atoms with Gasteiger partial charge >= 0.3 is 0 Å². The number of alkyl halides is 1. The molecule has 0 saturated carbocycles. The van der Waals surface area contributed by atoms with Gasteiger partial charge in [-0.15, -0.1) is 0 Å². The molecule has 4 nitrogen and oxygen atoms in total. The lowest BCUT2D eigenvalue weighted by molar-refractivity contribution is -0.141. The van der Waals surface area contributed by atoms with E-state index in [1.807, 2.05) is 13.8 Å². The van der Waals surface area contributed by atoms with Crippen LogP contribution >= 0.6 is 15.9 Å². The van der Waals surface area contributed by atoms with Crippen molar-refractivity contribution in [1.29, 1.82) is 0 Å². The van der Waals surface area contributed by atoms with Gasteiger partial charge in [0.2, 0.25) is 11.8 Å². The molecule has 0 spiro atoms. The molecule has 0 aliphatic carbocycles. The van der Waals surface area contributed by atoms with Gasteiger partial charge in [-0.1, -0.05) is 29.8 Å². The van der Waals surface area contributed by atoms with Crippen molar-refractivity contribution in [2.75, 3.05) is 6.54 Å². The van der Waals surface area contributed by atoms with Crippen molar-refractivity contribution < 1.29 is 9.59 Å². The number of nitrogens with zero attached hydrogens (tertiary/aromatic N) is 1. The number of carbonyl (C=O) groups excluding carboxylic acids is 2. The Bertz CT molecular complexity index is 281. The van der Waals surface area contributed by atoms with E-state index in [2.05, 4.69) is 15.9 Å². The van der Waals surface area contributed by atoms with Crippen LogP contribution < -0.4 is 5.73 Å². The molecule has 1 aliphatic rings. The molecular weight excluding hydrogens is 272 g/mol. The van der Waals surface area contributed by atoms with E-state index in [4.69, 9.17) is 5.73 Å². The minimum Gasteiger partial charge on any atom is -0.368 e. The summed E-state index contributed by atoms with van der Waals surface area (Å²) in [7, 11) is 0. The first-order chi connectivity index (χ1) is 7.45. The Morgan fingerprint density at radius 3 is 2.50 bits per heavy atom. The zero-order valence-corrected chi connectivity index (χ0v) is 11.4. The molecule has 0 aromatic heterocycles. The lowest BCUT2D eigenvalue weighted by Crippen LogP contribution is -2.53. The molecule has 16 heavy (non-hydrogen) atoms. The molecule has 2 amide bonds. The zero-order valence-electron chi connectivity index (χ0n) is 9.78. The SMILES string of the molecule is CC(C)C(Br)C(=O)N1CCCCC1C(N)=O. The van der Waals surface area contributed by atoms with Crippen molar-refractivity contribution in [3.05, 3.63) is 0 Å². The fourth-order valence-corrected chi connectivity index (χ4v) is 2.20. The van der Waals surface area contributed by atoms with Gasteiger partial charge in [0.25, 0.3) is 0 Å². The first-order valence-electron chi connectivity index (χ1n) is 5.69. The topological polar surface area (TPSA) is 63.4 Å². The largest absolute Gasteiger partial charge is 0.368 e. The molecule has 2 N–H and O–H groups in total. The van der Waals surface area contributed by atoms with Crippen LogP contribution in [0, 0.1) is 5.92 Å². The van der Waals surface area contributed by atoms with Gasteiger partial charge in [0.1, 0.15) is 6.04 Å². The van der Waals surface area contributed by atoms with Crippen LogP contribution in [0.3, 0.4) is 0 Å². The summed E-state index contributed by atoms with van der Waals surface area (Å²) in [6.07, 6.45) is 2.61. The molecule has 1 fully saturated rings. The summed E-state index contributed by atoms with van der Waals surface area (Å²) in [6.45, 7) is 4.59. The van der Waals surface area contributed by atoms with Crippen molar-refractivity contribution in [2.45, 2.75) is 44.0 Å². The van der Waals surface area contributed by atoms with Crippen molar-refractivity contribution in [3.8, 4) is 0 Å². The maximum atomic E-state index is 12.1. The number of hydrogen-bond acceptors (Lipinski definition) is 2. The maximum Gasteiger partial charge on any atom is 0.240 e. The highest BCUT2D eigenvalue weighted by atomic mass is 79.9. The fourth-order valence-electron chi connectivity index (χ4n) is 1.93. The van der Waals surface area contributed by atoms with Gasteiger partial charge in [0.05, 0.1) is 4.83 Å². The summed E-state index contributed by atoms with van der Waals surface area (Å²) in [4.78, 5) is 24.8. The van der Waals surface area contributed by atoms with E-state index >= 15 is 0 Å². The molecule has 0 aromatic carbocycles. The Balaban J connectivity index is 2.75. The van der Waals surface area contributed by atoms with Crippen molar-refractivity contribution in [3.63, 3.8) is 0 Å². The predicted octanol–water partition coefficient (Wildman–Crippen LogP) is 1.27. The zero-order chi connectivity index (χ0) is 12.3. The molecule has 0 bridgehead atoms. The van der Waals surface area contributed by atoms with E-state index in [0.717, 1.165) is 12.8 Å². The number of rotatable bonds is 3. The Kier molecular flexibility index (Phi) is 4.77. The normalized spacial score (nSPS) is 23.2. The number of halogens is 1. The quantitative estimate of drug-likeness (QED) is 0.796. The minimum absolute atomic E-state index is 0.0153. The number of piperidine rings is 1. The van der Waals surface area contributed by atoms with Gasteiger partial charge in [0.15, 0.2) is 0 Å². The lowest BCUT2D eigenvalue weighted by atomic mass is 10.00. The van der Waals surface area contributed by atoms with Gasteiger partial charge in [-0.25, -0.2) is 0 Å². The van der Waals surface area contributed by atoms with E-state index < -0.39 is 11.9 Å². The Morgan fingerprint density at radius 1 is 1.38 bits per heavy atom. The fraction of sp³-hybridized carbons (Fsp3) is 0.818. The average molecular weight is 291 g/mol. The molecule has 2 unspecified atom stereocenters. The molecular formula is C11H19BrN2O2. The van der Waals surface area contributed by atoms with Gasteiger partial charge < -0.3 is 10.6 Å². The van der Waals surface area contributed by atoms with E-state index in [1.165, 1.54) is 0 Å². The van der Waals surface area contributed by atoms with Crippen LogP contribution in [0.1, 0.15) is 33.1 Å². The summed E-state index contributed by atoms with van der Waals surface area (Å²) in [6, 6.07) is -0.417. The second-order valence-electron chi connectivity index (χ2n) is 4.59. The highest BCUT2D eigenvalue weighted by molar-refractivity contribution is 9.10. The van der Waals surface area contributed by atoms with Crippen LogP contribution in [0.5, 0.6) is 0 Å². The van der Waals surface area contributed by atoms with Crippen LogP contribution in [-0.2, 0) is 9.59 Å². The number of carbonyl (C=O) groups is 2. The molecule has 1 saturated heterocycles. The number of hydrogen-bond donors (Lipinski definition) is 1. The molecule has 1 rings (SSSR count). The molecule has 5 heteroatoms. The van der Waals surface area contributed by atoms with Crippen molar-refractivity contribution in [1.82, 2.24) is 4.90 Å². The summed E-state index contributed by atoms with van der Waals surface area (Å²) < 4.78 is 0. The molecule has 2 atom stereocenters. The molecule has 92 valence electrons. The number of amides is 2. The maximum absolute atomic E-state index is 12.1. The summed E-state index contributed by atoms with van der Waals surface area (Å²) in [5.74, 6) is -0.196. The van der Waals surface area contributed by atoms with E-state index in [1.54, 1.807) is 4.90 Å². The average Bonchev–Trinajstić information content (AvgIpc) is 2.26. The highest BCUT2D eigenvalue weighted by Gasteiger charge is 2.34. The third kappa shape index (κ3) is 2.97. The Hall–Kier alpha value is -0.580. The van der Waals surface area contributed by atoms with Crippen molar-refractivity contribution in [2.24, 2.45) is 11.7 Å². The van der Waals surface area contributed by atoms with Crippen LogP contribution in [0.2, 0.25) is 0 Å². The summed E-state index contributed by atoms with van der Waals surface area (Å²) in [5, 5.41) is 0. The number of primary amides is 1. The third-order valence-corrected chi connectivity index (χ3v) is 4.38. The second kappa shape index (κ2) is 5.66. The van der Waals surface area contributed by atoms with E-state index in [9.17, 15) is 9.59 Å². The lowest BCUT2D eigenvalue weighted by Gasteiger charge is -2.35. The minimum atomic E-state index is -0.417. The van der Waals surface area contributed by atoms with Crippen LogP contribution in [0.25, 0.3) is 0 Å². The van der Waals surface area contributed by atoms with Crippen LogP contribution in [0.15, 0.2) is 0 Å². The van der Waals surface area contributed by atoms with Crippen LogP contribution in [-0.4, -0.2) is 34.1 Å². The van der Waals surface area contributed by atoms with Gasteiger partial charge in [-0.2, -0.15) is 0 Å². The van der Waals surface area contributed by atoms with Crippen LogP contribution in [0.4, 0.5) is 0 Å². The molecule has 1 aliphatic heterocycles. The van der Waals surface area contributed by atoms with Gasteiger partial charge in [0, 0.05) is 6.54 Å². The van der Waals surface area contributed by atoms with E-state index in [-0.39, 0.29) is 16.7 Å². The monoisotopic (exact) mass is 290 g/mol. The Labute approximate surface area is 105 Å². The van der Waals surface area contributed by atoms with Gasteiger partial charge in [-0.05, 0) is 25.2 Å². The molecule has 1 heterocycles. The van der Waals surface area contributed by atoms with Gasteiger partial charge in [-0.3, -0.25) is 9.59 Å². The van der Waals surface area contributed by atoms with E-state index in [0.29, 0.717) is 13.0 Å².